The van der Waals surface area contributed by atoms with E-state index in [-0.39, 0.29) is 0 Å². The van der Waals surface area contributed by atoms with E-state index >= 15 is 0 Å². The van der Waals surface area contributed by atoms with Gasteiger partial charge >= 0.3 is 0 Å². The normalized spacial score (nSPS) is 9.22. The van der Waals surface area contributed by atoms with Gasteiger partial charge in [-0.1, -0.05) is 0 Å². The Bertz CT molecular complexity index is 146. The Labute approximate surface area is 56.0 Å². The van der Waals surface area contributed by atoms with E-state index in [9.17, 15) is 0 Å². The maximum atomic E-state index is 3.74. The summed E-state index contributed by atoms with van der Waals surface area (Å²) in [6.45, 7) is 4.64. The van der Waals surface area contributed by atoms with Crippen LogP contribution in [0.1, 0.15) is 13.8 Å². The van der Waals surface area contributed by atoms with Gasteiger partial charge in [0, 0.05) is 7.05 Å². The SMILES string of the molecule is C/N=N\CC=C=C(C)C. The van der Waals surface area contributed by atoms with Crippen molar-refractivity contribution >= 4 is 0 Å². The van der Waals surface area contributed by atoms with Crippen LogP contribution in [0.3, 0.4) is 0 Å². The fraction of sp³-hybridized carbons (Fsp3) is 0.571. The van der Waals surface area contributed by atoms with Crippen molar-refractivity contribution in [3.8, 4) is 0 Å². The summed E-state index contributed by atoms with van der Waals surface area (Å²) in [5, 5.41) is 7.31. The molecule has 0 aromatic carbocycles. The van der Waals surface area contributed by atoms with Crippen molar-refractivity contribution in [2.45, 2.75) is 13.8 Å². The topological polar surface area (TPSA) is 24.7 Å². The summed E-state index contributed by atoms with van der Waals surface area (Å²) >= 11 is 0. The molecule has 0 aliphatic carbocycles. The molecule has 0 N–H and O–H groups in total. The number of hydrogen-bond acceptors (Lipinski definition) is 2. The molecule has 0 saturated carbocycles. The molecule has 50 valence electrons. The highest BCUT2D eigenvalue weighted by Crippen LogP contribution is 1.82. The van der Waals surface area contributed by atoms with Crippen molar-refractivity contribution in [3.05, 3.63) is 17.4 Å². The highest BCUT2D eigenvalue weighted by atomic mass is 15.1. The molecule has 0 fully saturated rings. The number of azo groups is 1. The van der Waals surface area contributed by atoms with Crippen LogP contribution in [0.5, 0.6) is 0 Å². The Hall–Kier alpha value is -0.880. The smallest absolute Gasteiger partial charge is 0.0853 e. The lowest BCUT2D eigenvalue weighted by atomic mass is 10.4. The molecule has 0 bridgehead atoms. The van der Waals surface area contributed by atoms with Gasteiger partial charge in [-0.05, 0) is 25.5 Å². The molecule has 2 nitrogen and oxygen atoms in total. The lowest BCUT2D eigenvalue weighted by Gasteiger charge is -1.76. The van der Waals surface area contributed by atoms with E-state index in [1.807, 2.05) is 19.9 Å². The maximum Gasteiger partial charge on any atom is 0.0853 e. The van der Waals surface area contributed by atoms with Gasteiger partial charge in [0.15, 0.2) is 0 Å². The first-order chi connectivity index (χ1) is 4.27. The summed E-state index contributed by atoms with van der Waals surface area (Å²) in [6, 6.07) is 0. The Morgan fingerprint density at radius 2 is 2.22 bits per heavy atom. The van der Waals surface area contributed by atoms with Gasteiger partial charge in [0.05, 0.1) is 6.54 Å². The van der Waals surface area contributed by atoms with Gasteiger partial charge in [-0.15, -0.1) is 5.73 Å². The second-order valence-corrected chi connectivity index (χ2v) is 1.87. The second-order valence-electron chi connectivity index (χ2n) is 1.87. The average Bonchev–Trinajstić information content (AvgIpc) is 1.80. The molecular weight excluding hydrogens is 112 g/mol. The lowest BCUT2D eigenvalue weighted by molar-refractivity contribution is 1.03. The van der Waals surface area contributed by atoms with Gasteiger partial charge in [0.1, 0.15) is 0 Å². The van der Waals surface area contributed by atoms with Gasteiger partial charge in [0.25, 0.3) is 0 Å². The van der Waals surface area contributed by atoms with Crippen LogP contribution in [0.25, 0.3) is 0 Å². The van der Waals surface area contributed by atoms with Crippen LogP contribution in [0, 0.1) is 0 Å². The first-order valence-corrected chi connectivity index (χ1v) is 2.91. The average molecular weight is 124 g/mol. The predicted molar refractivity (Wildman–Crippen MR) is 38.6 cm³/mol. The van der Waals surface area contributed by atoms with Crippen LogP contribution in [-0.2, 0) is 0 Å². The first kappa shape index (κ1) is 8.12. The molecule has 0 rings (SSSR count). The minimum Gasteiger partial charge on any atom is -0.197 e. The van der Waals surface area contributed by atoms with Crippen LogP contribution in [0.4, 0.5) is 0 Å². The fourth-order valence-corrected chi connectivity index (χ4v) is 0.372. The first-order valence-electron chi connectivity index (χ1n) is 2.91. The van der Waals surface area contributed by atoms with E-state index in [2.05, 4.69) is 16.0 Å². The molecule has 0 heterocycles. The summed E-state index contributed by atoms with van der Waals surface area (Å²) in [5.74, 6) is 0. The van der Waals surface area contributed by atoms with Crippen molar-refractivity contribution in [2.24, 2.45) is 10.2 Å². The second kappa shape index (κ2) is 5.26. The zero-order valence-electron chi connectivity index (χ0n) is 6.18. The van der Waals surface area contributed by atoms with E-state index in [1.54, 1.807) is 7.05 Å². The lowest BCUT2D eigenvalue weighted by Crippen LogP contribution is -1.65. The zero-order chi connectivity index (χ0) is 7.11. The third kappa shape index (κ3) is 7.12. The fourth-order valence-electron chi connectivity index (χ4n) is 0.372. The molecule has 0 aliphatic rings. The van der Waals surface area contributed by atoms with Gasteiger partial charge in [-0.3, -0.25) is 0 Å². The van der Waals surface area contributed by atoms with Gasteiger partial charge in [-0.25, -0.2) is 0 Å². The van der Waals surface area contributed by atoms with Crippen molar-refractivity contribution in [1.82, 2.24) is 0 Å². The quantitative estimate of drug-likeness (QED) is 0.398. The van der Waals surface area contributed by atoms with Crippen LogP contribution < -0.4 is 0 Å². The van der Waals surface area contributed by atoms with E-state index in [0.29, 0.717) is 6.54 Å². The third-order valence-electron chi connectivity index (χ3n) is 0.705. The molecule has 0 atom stereocenters. The zero-order valence-corrected chi connectivity index (χ0v) is 6.18. The Morgan fingerprint density at radius 3 is 2.67 bits per heavy atom. The Kier molecular flexibility index (Phi) is 4.75. The molecule has 0 saturated heterocycles. The van der Waals surface area contributed by atoms with E-state index in [4.69, 9.17) is 0 Å². The minimum absolute atomic E-state index is 0.641. The molecule has 0 amide bonds. The molecule has 0 aromatic heterocycles. The van der Waals surface area contributed by atoms with Gasteiger partial charge < -0.3 is 0 Å². The predicted octanol–water partition coefficient (Wildman–Crippen LogP) is 2.19. The number of hydrogen-bond donors (Lipinski definition) is 0. The largest absolute Gasteiger partial charge is 0.197 e. The van der Waals surface area contributed by atoms with E-state index in [1.165, 1.54) is 5.57 Å². The van der Waals surface area contributed by atoms with E-state index < -0.39 is 0 Å². The monoisotopic (exact) mass is 124 g/mol. The van der Waals surface area contributed by atoms with Crippen LogP contribution in [0.2, 0.25) is 0 Å². The summed E-state index contributed by atoms with van der Waals surface area (Å²) in [6.07, 6.45) is 1.86. The van der Waals surface area contributed by atoms with Crippen LogP contribution in [-0.4, -0.2) is 13.6 Å². The summed E-state index contributed by atoms with van der Waals surface area (Å²) in [4.78, 5) is 0. The summed E-state index contributed by atoms with van der Waals surface area (Å²) in [7, 11) is 1.66. The van der Waals surface area contributed by atoms with Gasteiger partial charge in [-0.2, -0.15) is 10.2 Å². The van der Waals surface area contributed by atoms with Crippen LogP contribution >= 0.6 is 0 Å². The maximum absolute atomic E-state index is 3.74. The number of rotatable bonds is 2. The van der Waals surface area contributed by atoms with Crippen LogP contribution in [0.15, 0.2) is 27.6 Å². The van der Waals surface area contributed by atoms with Crippen molar-refractivity contribution in [3.63, 3.8) is 0 Å². The third-order valence-corrected chi connectivity index (χ3v) is 0.705. The van der Waals surface area contributed by atoms with Gasteiger partial charge in [0.2, 0.25) is 0 Å². The van der Waals surface area contributed by atoms with Crippen molar-refractivity contribution in [1.29, 1.82) is 0 Å². The van der Waals surface area contributed by atoms with E-state index in [0.717, 1.165) is 0 Å². The standard InChI is InChI=1S/C7H12N2/c1-7(2)5-4-6-9-8-3/h4H,6H2,1-3H3/b9-8-. The molecule has 0 aromatic rings. The Balaban J connectivity index is 3.61. The summed E-state index contributed by atoms with van der Waals surface area (Å²) < 4.78 is 0. The molecule has 0 aliphatic heterocycles. The molecule has 9 heavy (non-hydrogen) atoms. The van der Waals surface area contributed by atoms with Crippen molar-refractivity contribution < 1.29 is 0 Å². The molecule has 0 spiro atoms. The highest BCUT2D eigenvalue weighted by molar-refractivity contribution is 4.94. The highest BCUT2D eigenvalue weighted by Gasteiger charge is 1.68. The molecule has 0 unspecified atom stereocenters. The van der Waals surface area contributed by atoms with Crippen molar-refractivity contribution in [2.75, 3.05) is 13.6 Å². The molecular formula is C7H12N2. The molecule has 2 heteroatoms. The minimum atomic E-state index is 0.641. The number of nitrogens with zero attached hydrogens (tertiary/aromatic N) is 2. The molecule has 0 radical (unpaired) electrons. The summed E-state index contributed by atoms with van der Waals surface area (Å²) in [5.41, 5.74) is 4.19. The Morgan fingerprint density at radius 1 is 1.56 bits per heavy atom.